The minimum absolute atomic E-state index is 0.166. The number of benzene rings is 1. The van der Waals surface area contributed by atoms with Crippen molar-refractivity contribution in [1.82, 2.24) is 0 Å². The van der Waals surface area contributed by atoms with E-state index in [9.17, 15) is 13.2 Å². The Hall–Kier alpha value is -1.63. The third kappa shape index (κ3) is 4.70. The summed E-state index contributed by atoms with van der Waals surface area (Å²) in [7, 11) is 1.73. The van der Waals surface area contributed by atoms with Crippen molar-refractivity contribution in [3.05, 3.63) is 17.9 Å². The fraction of sp³-hybridized carbons (Fsp3) is 0.571. The van der Waals surface area contributed by atoms with Crippen LogP contribution in [-0.4, -0.2) is 33.4 Å². The molecule has 0 aliphatic heterocycles. The van der Waals surface area contributed by atoms with Crippen LogP contribution in [-0.2, 0) is 4.74 Å². The number of rotatable bonds is 8. The van der Waals surface area contributed by atoms with Gasteiger partial charge >= 0.3 is 6.61 Å². The number of nitrogens with two attached hydrogens (primary N) is 1. The van der Waals surface area contributed by atoms with E-state index < -0.39 is 18.2 Å². The standard InChI is InChI=1S/C14H19F3N2O2/c1-19(4-5-20-8-9-2-3-9)12-7-13(21-14(16)17)10(15)6-11(12)18/h6-7,9,14H,2-5,8,18H2,1H3. The zero-order chi connectivity index (χ0) is 15.4. The average molecular weight is 304 g/mol. The van der Waals surface area contributed by atoms with E-state index in [1.54, 1.807) is 11.9 Å². The number of anilines is 2. The first-order valence-corrected chi connectivity index (χ1v) is 6.80. The Balaban J connectivity index is 1.95. The van der Waals surface area contributed by atoms with Crippen LogP contribution in [0.25, 0.3) is 0 Å². The van der Waals surface area contributed by atoms with Crippen LogP contribution in [0.1, 0.15) is 12.8 Å². The molecule has 0 atom stereocenters. The Kier molecular flexibility index (Phi) is 5.17. The van der Waals surface area contributed by atoms with Crippen LogP contribution in [0, 0.1) is 11.7 Å². The van der Waals surface area contributed by atoms with Crippen molar-refractivity contribution in [2.75, 3.05) is 37.4 Å². The highest BCUT2D eigenvalue weighted by Gasteiger charge is 2.21. The normalized spacial score (nSPS) is 14.5. The van der Waals surface area contributed by atoms with Gasteiger partial charge in [0.2, 0.25) is 0 Å². The molecule has 118 valence electrons. The van der Waals surface area contributed by atoms with Crippen molar-refractivity contribution >= 4 is 11.4 Å². The van der Waals surface area contributed by atoms with Gasteiger partial charge in [0.25, 0.3) is 0 Å². The number of nitrogen functional groups attached to an aromatic ring is 1. The van der Waals surface area contributed by atoms with E-state index in [-0.39, 0.29) is 5.69 Å². The molecule has 0 unspecified atom stereocenters. The molecule has 0 saturated heterocycles. The van der Waals surface area contributed by atoms with Gasteiger partial charge in [0, 0.05) is 32.3 Å². The molecule has 2 N–H and O–H groups in total. The van der Waals surface area contributed by atoms with Gasteiger partial charge in [0.05, 0.1) is 18.0 Å². The lowest BCUT2D eigenvalue weighted by Gasteiger charge is -2.22. The Labute approximate surface area is 121 Å². The van der Waals surface area contributed by atoms with Gasteiger partial charge in [-0.1, -0.05) is 0 Å². The van der Waals surface area contributed by atoms with Crippen molar-refractivity contribution < 1.29 is 22.6 Å². The molecule has 4 nitrogen and oxygen atoms in total. The molecular weight excluding hydrogens is 285 g/mol. The molecule has 2 rings (SSSR count). The second kappa shape index (κ2) is 6.89. The largest absolute Gasteiger partial charge is 0.432 e. The van der Waals surface area contributed by atoms with E-state index in [0.717, 1.165) is 12.7 Å². The lowest BCUT2D eigenvalue weighted by atomic mass is 10.2. The highest BCUT2D eigenvalue weighted by atomic mass is 19.3. The van der Waals surface area contributed by atoms with Crippen molar-refractivity contribution in [3.63, 3.8) is 0 Å². The van der Waals surface area contributed by atoms with Crippen molar-refractivity contribution in [1.29, 1.82) is 0 Å². The minimum atomic E-state index is -3.08. The minimum Gasteiger partial charge on any atom is -0.432 e. The van der Waals surface area contributed by atoms with E-state index in [1.807, 2.05) is 0 Å². The number of nitrogens with zero attached hydrogens (tertiary/aromatic N) is 1. The first kappa shape index (κ1) is 15.8. The Bertz CT molecular complexity index is 482. The van der Waals surface area contributed by atoms with Gasteiger partial charge in [0.1, 0.15) is 0 Å². The SMILES string of the molecule is CN(CCOCC1CC1)c1cc(OC(F)F)c(F)cc1N. The van der Waals surface area contributed by atoms with E-state index in [1.165, 1.54) is 18.9 Å². The second-order valence-corrected chi connectivity index (χ2v) is 5.16. The number of alkyl halides is 2. The van der Waals surface area contributed by atoms with Crippen LogP contribution < -0.4 is 15.4 Å². The van der Waals surface area contributed by atoms with Gasteiger partial charge < -0.3 is 20.1 Å². The van der Waals surface area contributed by atoms with Crippen molar-refractivity contribution in [2.24, 2.45) is 5.92 Å². The number of halogens is 3. The maximum atomic E-state index is 13.5. The molecule has 0 amide bonds. The van der Waals surface area contributed by atoms with Crippen LogP contribution >= 0.6 is 0 Å². The molecule has 1 aliphatic rings. The quantitative estimate of drug-likeness (QED) is 0.592. The highest BCUT2D eigenvalue weighted by Crippen LogP contribution is 2.31. The molecule has 0 bridgehead atoms. The summed E-state index contributed by atoms with van der Waals surface area (Å²) in [6.45, 7) is -1.32. The number of ether oxygens (including phenoxy) is 2. The summed E-state index contributed by atoms with van der Waals surface area (Å²) in [6.07, 6.45) is 2.43. The molecule has 0 aromatic heterocycles. The molecule has 1 saturated carbocycles. The zero-order valence-corrected chi connectivity index (χ0v) is 11.8. The first-order valence-electron chi connectivity index (χ1n) is 6.80. The van der Waals surface area contributed by atoms with Crippen LogP contribution in [0.15, 0.2) is 12.1 Å². The summed E-state index contributed by atoms with van der Waals surface area (Å²) in [6, 6.07) is 2.16. The molecule has 21 heavy (non-hydrogen) atoms. The van der Waals surface area contributed by atoms with Crippen LogP contribution in [0.2, 0.25) is 0 Å². The van der Waals surface area contributed by atoms with Gasteiger partial charge in [-0.3, -0.25) is 0 Å². The smallest absolute Gasteiger partial charge is 0.387 e. The van der Waals surface area contributed by atoms with Crippen LogP contribution in [0.5, 0.6) is 5.75 Å². The Morgan fingerprint density at radius 2 is 2.10 bits per heavy atom. The summed E-state index contributed by atoms with van der Waals surface area (Å²) in [4.78, 5) is 1.72. The maximum Gasteiger partial charge on any atom is 0.387 e. The third-order valence-corrected chi connectivity index (χ3v) is 3.33. The molecular formula is C14H19F3N2O2. The fourth-order valence-electron chi connectivity index (χ4n) is 1.93. The van der Waals surface area contributed by atoms with E-state index in [2.05, 4.69) is 4.74 Å². The van der Waals surface area contributed by atoms with Crippen LogP contribution in [0.4, 0.5) is 24.5 Å². The van der Waals surface area contributed by atoms with Gasteiger partial charge in [-0.25, -0.2) is 4.39 Å². The van der Waals surface area contributed by atoms with E-state index in [0.29, 0.717) is 24.8 Å². The predicted octanol–water partition coefficient (Wildman–Crippen LogP) is 2.87. The van der Waals surface area contributed by atoms with Gasteiger partial charge in [-0.05, 0) is 18.8 Å². The van der Waals surface area contributed by atoms with Crippen molar-refractivity contribution in [2.45, 2.75) is 19.5 Å². The Morgan fingerprint density at radius 3 is 2.71 bits per heavy atom. The third-order valence-electron chi connectivity index (χ3n) is 3.33. The topological polar surface area (TPSA) is 47.7 Å². The summed E-state index contributed by atoms with van der Waals surface area (Å²) in [5.41, 5.74) is 6.32. The van der Waals surface area contributed by atoms with Crippen LogP contribution in [0.3, 0.4) is 0 Å². The average Bonchev–Trinajstić information content (AvgIpc) is 3.21. The molecule has 1 fully saturated rings. The predicted molar refractivity (Wildman–Crippen MR) is 74.3 cm³/mol. The summed E-state index contributed by atoms with van der Waals surface area (Å²) in [5.74, 6) is -0.743. The number of hydrogen-bond donors (Lipinski definition) is 1. The van der Waals surface area contributed by atoms with Gasteiger partial charge in [0.15, 0.2) is 11.6 Å². The molecule has 0 spiro atoms. The molecule has 0 heterocycles. The lowest BCUT2D eigenvalue weighted by molar-refractivity contribution is -0.0521. The van der Waals surface area contributed by atoms with E-state index >= 15 is 0 Å². The highest BCUT2D eigenvalue weighted by molar-refractivity contribution is 5.69. The zero-order valence-electron chi connectivity index (χ0n) is 11.8. The monoisotopic (exact) mass is 304 g/mol. The lowest BCUT2D eigenvalue weighted by Crippen LogP contribution is -2.24. The number of likely N-dealkylation sites (N-methyl/N-ethyl adjacent to an activating group) is 1. The Morgan fingerprint density at radius 1 is 1.38 bits per heavy atom. The number of hydrogen-bond acceptors (Lipinski definition) is 4. The molecule has 7 heteroatoms. The fourth-order valence-corrected chi connectivity index (χ4v) is 1.93. The molecule has 1 aliphatic carbocycles. The summed E-state index contributed by atoms with van der Waals surface area (Å²) < 4.78 is 47.5. The second-order valence-electron chi connectivity index (χ2n) is 5.16. The molecule has 1 aromatic carbocycles. The molecule has 1 aromatic rings. The van der Waals surface area contributed by atoms with Crippen molar-refractivity contribution in [3.8, 4) is 5.75 Å². The van der Waals surface area contributed by atoms with Gasteiger partial charge in [-0.2, -0.15) is 8.78 Å². The van der Waals surface area contributed by atoms with Gasteiger partial charge in [-0.15, -0.1) is 0 Å². The molecule has 0 radical (unpaired) electrons. The summed E-state index contributed by atoms with van der Waals surface area (Å²) in [5, 5.41) is 0. The first-order chi connectivity index (χ1) is 9.97. The maximum absolute atomic E-state index is 13.5. The summed E-state index contributed by atoms with van der Waals surface area (Å²) >= 11 is 0. The van der Waals surface area contributed by atoms with E-state index in [4.69, 9.17) is 10.5 Å².